The lowest BCUT2D eigenvalue weighted by molar-refractivity contribution is 0.564. The summed E-state index contributed by atoms with van der Waals surface area (Å²) in [6, 6.07) is 3.43. The molecule has 0 atom stereocenters. The second-order valence-electron chi connectivity index (χ2n) is 3.68. The number of halogens is 1. The summed E-state index contributed by atoms with van der Waals surface area (Å²) in [5.74, 6) is 0.530. The number of hydrogen-bond acceptors (Lipinski definition) is 3. The molecule has 0 aromatic carbocycles. The van der Waals surface area contributed by atoms with Crippen molar-refractivity contribution in [1.82, 2.24) is 9.71 Å². The van der Waals surface area contributed by atoms with Crippen LogP contribution in [0.2, 0.25) is 0 Å². The van der Waals surface area contributed by atoms with E-state index >= 15 is 0 Å². The van der Waals surface area contributed by atoms with E-state index in [1.165, 1.54) is 6.20 Å². The lowest BCUT2D eigenvalue weighted by atomic mass is 10.2. The topological polar surface area (TPSA) is 71.1 Å². The first-order valence-corrected chi connectivity index (χ1v) is 7.06. The van der Waals surface area contributed by atoms with Crippen LogP contribution in [0.25, 0.3) is 0 Å². The highest BCUT2D eigenvalue weighted by Gasteiger charge is 2.12. The highest BCUT2D eigenvalue weighted by Crippen LogP contribution is 2.18. The Morgan fingerprint density at radius 1 is 1.50 bits per heavy atom. The summed E-state index contributed by atoms with van der Waals surface area (Å²) < 4.78 is 28.5. The van der Waals surface area contributed by atoms with Gasteiger partial charge in [0.1, 0.15) is 0 Å². The molecule has 1 aromatic rings. The summed E-state index contributed by atoms with van der Waals surface area (Å²) in [5, 5.41) is 0. The van der Waals surface area contributed by atoms with Gasteiger partial charge in [0.05, 0.1) is 4.47 Å². The van der Waals surface area contributed by atoms with Crippen molar-refractivity contribution >= 4 is 32.0 Å². The summed E-state index contributed by atoms with van der Waals surface area (Å²) in [6.45, 7) is 4.25. The van der Waals surface area contributed by atoms with Crippen LogP contribution in [0.15, 0.2) is 22.8 Å². The molecule has 0 bridgehead atoms. The third kappa shape index (κ3) is 4.46. The minimum Gasteiger partial charge on any atom is -0.254 e. The molecule has 0 saturated carbocycles. The zero-order chi connectivity index (χ0) is 12.2. The van der Waals surface area contributed by atoms with Gasteiger partial charge in [-0.3, -0.25) is 4.72 Å². The second kappa shape index (κ2) is 5.60. The molecule has 5 nitrogen and oxygen atoms in total. The van der Waals surface area contributed by atoms with E-state index in [1.54, 1.807) is 12.1 Å². The van der Waals surface area contributed by atoms with Crippen molar-refractivity contribution < 1.29 is 8.42 Å². The quantitative estimate of drug-likeness (QED) is 0.870. The smallest absolute Gasteiger partial charge is 0.254 e. The van der Waals surface area contributed by atoms with Gasteiger partial charge in [-0.1, -0.05) is 13.8 Å². The molecule has 0 aliphatic heterocycles. The molecule has 1 rings (SSSR count). The van der Waals surface area contributed by atoms with E-state index in [1.807, 2.05) is 13.8 Å². The highest BCUT2D eigenvalue weighted by molar-refractivity contribution is 9.10. The molecular formula is C9H14BrN3O2S. The average Bonchev–Trinajstić information content (AvgIpc) is 2.19. The van der Waals surface area contributed by atoms with Crippen LogP contribution in [0.5, 0.6) is 0 Å². The van der Waals surface area contributed by atoms with Crippen molar-refractivity contribution in [3.05, 3.63) is 22.8 Å². The SMILES string of the molecule is CC(C)CNS(=O)(=O)Nc1ncccc1Br. The van der Waals surface area contributed by atoms with Crippen molar-refractivity contribution in [2.75, 3.05) is 11.3 Å². The van der Waals surface area contributed by atoms with Crippen molar-refractivity contribution in [2.24, 2.45) is 5.92 Å². The van der Waals surface area contributed by atoms with E-state index in [0.717, 1.165) is 0 Å². The van der Waals surface area contributed by atoms with Gasteiger partial charge in [-0.2, -0.15) is 13.1 Å². The molecule has 0 aliphatic carbocycles. The maximum atomic E-state index is 11.6. The number of hydrogen-bond donors (Lipinski definition) is 2. The number of pyridine rings is 1. The Morgan fingerprint density at radius 3 is 2.75 bits per heavy atom. The predicted molar refractivity (Wildman–Crippen MR) is 67.3 cm³/mol. The molecule has 0 fully saturated rings. The fourth-order valence-corrected chi connectivity index (χ4v) is 2.43. The average molecular weight is 308 g/mol. The van der Waals surface area contributed by atoms with Crippen LogP contribution in [0.3, 0.4) is 0 Å². The van der Waals surface area contributed by atoms with Gasteiger partial charge in [-0.05, 0) is 34.0 Å². The van der Waals surface area contributed by atoms with E-state index in [9.17, 15) is 8.42 Å². The summed E-state index contributed by atoms with van der Waals surface area (Å²) >= 11 is 3.21. The molecular weight excluding hydrogens is 294 g/mol. The first-order valence-electron chi connectivity index (χ1n) is 4.78. The van der Waals surface area contributed by atoms with Crippen LogP contribution in [-0.2, 0) is 10.2 Å². The molecule has 7 heteroatoms. The molecule has 0 radical (unpaired) electrons. The minimum absolute atomic E-state index is 0.253. The monoisotopic (exact) mass is 307 g/mol. The van der Waals surface area contributed by atoms with Crippen LogP contribution in [0.4, 0.5) is 5.82 Å². The Hall–Kier alpha value is -0.660. The Labute approximate surface area is 104 Å². The second-order valence-corrected chi connectivity index (χ2v) is 6.04. The van der Waals surface area contributed by atoms with E-state index in [0.29, 0.717) is 11.0 Å². The largest absolute Gasteiger partial charge is 0.300 e. The fourth-order valence-electron chi connectivity index (χ4n) is 0.901. The fraction of sp³-hybridized carbons (Fsp3) is 0.444. The Kier molecular flexibility index (Phi) is 4.69. The third-order valence-corrected chi connectivity index (χ3v) is 3.32. The Bertz CT molecular complexity index is 448. The molecule has 0 unspecified atom stereocenters. The zero-order valence-corrected chi connectivity index (χ0v) is 11.5. The van der Waals surface area contributed by atoms with Gasteiger partial charge in [-0.15, -0.1) is 0 Å². The van der Waals surface area contributed by atoms with Crippen molar-refractivity contribution in [2.45, 2.75) is 13.8 Å². The zero-order valence-electron chi connectivity index (χ0n) is 9.07. The number of aromatic nitrogens is 1. The Morgan fingerprint density at radius 2 is 2.19 bits per heavy atom. The van der Waals surface area contributed by atoms with Crippen LogP contribution >= 0.6 is 15.9 Å². The molecule has 1 heterocycles. The first kappa shape index (κ1) is 13.4. The summed E-state index contributed by atoms with van der Waals surface area (Å²) in [5.41, 5.74) is 0. The van der Waals surface area contributed by atoms with Crippen LogP contribution in [0, 0.1) is 5.92 Å². The Balaban J connectivity index is 2.70. The van der Waals surface area contributed by atoms with E-state index < -0.39 is 10.2 Å². The summed E-state index contributed by atoms with van der Waals surface area (Å²) in [4.78, 5) is 3.91. The number of anilines is 1. The number of nitrogens with one attached hydrogen (secondary N) is 2. The molecule has 1 aromatic heterocycles. The lowest BCUT2D eigenvalue weighted by Crippen LogP contribution is -2.33. The van der Waals surface area contributed by atoms with E-state index in [4.69, 9.17) is 0 Å². The van der Waals surface area contributed by atoms with Crippen molar-refractivity contribution in [1.29, 1.82) is 0 Å². The van der Waals surface area contributed by atoms with Gasteiger partial charge in [0.15, 0.2) is 5.82 Å². The molecule has 0 saturated heterocycles. The first-order chi connectivity index (χ1) is 7.41. The molecule has 16 heavy (non-hydrogen) atoms. The van der Waals surface area contributed by atoms with Crippen LogP contribution < -0.4 is 9.44 Å². The van der Waals surface area contributed by atoms with Gasteiger partial charge in [0, 0.05) is 12.7 Å². The van der Waals surface area contributed by atoms with Crippen LogP contribution in [-0.4, -0.2) is 19.9 Å². The lowest BCUT2D eigenvalue weighted by Gasteiger charge is -2.10. The van der Waals surface area contributed by atoms with Gasteiger partial charge < -0.3 is 0 Å². The van der Waals surface area contributed by atoms with Gasteiger partial charge >= 0.3 is 0 Å². The normalized spacial score (nSPS) is 11.8. The van der Waals surface area contributed by atoms with Crippen molar-refractivity contribution in [3.8, 4) is 0 Å². The van der Waals surface area contributed by atoms with Gasteiger partial charge in [0.25, 0.3) is 10.2 Å². The summed E-state index contributed by atoms with van der Waals surface area (Å²) in [6.07, 6.45) is 1.52. The standard InChI is InChI=1S/C9H14BrN3O2S/c1-7(2)6-12-16(14,15)13-9-8(10)4-3-5-11-9/h3-5,7,12H,6H2,1-2H3,(H,11,13). The molecule has 0 amide bonds. The predicted octanol–water partition coefficient (Wildman–Crippen LogP) is 1.75. The molecule has 0 aliphatic rings. The van der Waals surface area contributed by atoms with E-state index in [2.05, 4.69) is 30.4 Å². The van der Waals surface area contributed by atoms with Gasteiger partial charge in [0.2, 0.25) is 0 Å². The molecule has 90 valence electrons. The maximum absolute atomic E-state index is 11.6. The molecule has 0 spiro atoms. The maximum Gasteiger partial charge on any atom is 0.300 e. The number of nitrogens with zero attached hydrogens (tertiary/aromatic N) is 1. The molecule has 2 N–H and O–H groups in total. The summed E-state index contributed by atoms with van der Waals surface area (Å²) in [7, 11) is -3.54. The third-order valence-electron chi connectivity index (χ3n) is 1.67. The number of rotatable bonds is 5. The van der Waals surface area contributed by atoms with E-state index in [-0.39, 0.29) is 11.7 Å². The van der Waals surface area contributed by atoms with Gasteiger partial charge in [-0.25, -0.2) is 4.98 Å². The minimum atomic E-state index is -3.54. The highest BCUT2D eigenvalue weighted by atomic mass is 79.9. The van der Waals surface area contributed by atoms with Crippen molar-refractivity contribution in [3.63, 3.8) is 0 Å². The van der Waals surface area contributed by atoms with Crippen LogP contribution in [0.1, 0.15) is 13.8 Å².